The van der Waals surface area contributed by atoms with Gasteiger partial charge in [-0.25, -0.2) is 4.39 Å². The van der Waals surface area contributed by atoms with E-state index < -0.39 is 18.0 Å². The first-order chi connectivity index (χ1) is 6.99. The molecule has 84 valence electrons. The van der Waals surface area contributed by atoms with Gasteiger partial charge in [0.05, 0.1) is 13.2 Å². The van der Waals surface area contributed by atoms with E-state index in [-0.39, 0.29) is 5.56 Å². The molecule has 1 aromatic carbocycles. The summed E-state index contributed by atoms with van der Waals surface area (Å²) in [7, 11) is 1.50. The van der Waals surface area contributed by atoms with Gasteiger partial charge in [-0.05, 0) is 31.5 Å². The van der Waals surface area contributed by atoms with E-state index >= 15 is 0 Å². The van der Waals surface area contributed by atoms with Crippen LogP contribution in [0.4, 0.5) is 4.39 Å². The summed E-state index contributed by atoms with van der Waals surface area (Å²) in [6.45, 7) is 3.33. The van der Waals surface area contributed by atoms with Crippen LogP contribution in [0.2, 0.25) is 0 Å². The fraction of sp³-hybridized carbons (Fsp3) is 0.455. The molecule has 0 fully saturated rings. The second kappa shape index (κ2) is 4.59. The Morgan fingerprint density at radius 2 is 2.07 bits per heavy atom. The lowest BCUT2D eigenvalue weighted by atomic mass is 9.98. The van der Waals surface area contributed by atoms with Crippen molar-refractivity contribution in [2.24, 2.45) is 5.73 Å². The van der Waals surface area contributed by atoms with E-state index in [0.29, 0.717) is 11.3 Å². The number of halogens is 1. The smallest absolute Gasteiger partial charge is 0.129 e. The van der Waals surface area contributed by atoms with Gasteiger partial charge in [-0.15, -0.1) is 0 Å². The first kappa shape index (κ1) is 11.9. The Labute approximate surface area is 88.7 Å². The highest BCUT2D eigenvalue weighted by atomic mass is 19.1. The van der Waals surface area contributed by atoms with Crippen molar-refractivity contribution in [2.75, 3.05) is 7.11 Å². The topological polar surface area (TPSA) is 55.5 Å². The van der Waals surface area contributed by atoms with Gasteiger partial charge in [0.1, 0.15) is 11.6 Å². The lowest BCUT2D eigenvalue weighted by molar-refractivity contribution is 0.147. The molecule has 2 atom stereocenters. The van der Waals surface area contributed by atoms with E-state index in [1.807, 2.05) is 0 Å². The number of rotatable bonds is 3. The maximum Gasteiger partial charge on any atom is 0.129 e. The standard InChI is InChI=1S/C11H16FNO2/c1-6-9(15-3)5-4-8(12)10(6)11(14)7(2)13/h4-5,7,11,14H,13H2,1-3H3. The van der Waals surface area contributed by atoms with Gasteiger partial charge in [-0.1, -0.05) is 0 Å². The van der Waals surface area contributed by atoms with Crippen LogP contribution in [-0.4, -0.2) is 18.3 Å². The summed E-state index contributed by atoms with van der Waals surface area (Å²) < 4.78 is 18.6. The average molecular weight is 213 g/mol. The number of aliphatic hydroxyl groups excluding tert-OH is 1. The molecule has 15 heavy (non-hydrogen) atoms. The summed E-state index contributed by atoms with van der Waals surface area (Å²) in [6, 6.07) is 2.28. The van der Waals surface area contributed by atoms with Crippen molar-refractivity contribution in [1.82, 2.24) is 0 Å². The van der Waals surface area contributed by atoms with Crippen molar-refractivity contribution < 1.29 is 14.2 Å². The zero-order valence-electron chi connectivity index (χ0n) is 9.12. The SMILES string of the molecule is COc1ccc(F)c(C(O)C(C)N)c1C. The molecule has 0 bridgehead atoms. The zero-order valence-corrected chi connectivity index (χ0v) is 9.12. The summed E-state index contributed by atoms with van der Waals surface area (Å²) >= 11 is 0. The Hall–Kier alpha value is -1.13. The molecule has 3 nitrogen and oxygen atoms in total. The summed E-state index contributed by atoms with van der Waals surface area (Å²) in [4.78, 5) is 0. The summed E-state index contributed by atoms with van der Waals surface area (Å²) in [5.41, 5.74) is 6.34. The van der Waals surface area contributed by atoms with Crippen molar-refractivity contribution in [2.45, 2.75) is 26.0 Å². The van der Waals surface area contributed by atoms with E-state index in [2.05, 4.69) is 0 Å². The molecule has 0 aliphatic carbocycles. The van der Waals surface area contributed by atoms with Crippen LogP contribution in [0.15, 0.2) is 12.1 Å². The quantitative estimate of drug-likeness (QED) is 0.800. The third kappa shape index (κ3) is 2.27. The lowest BCUT2D eigenvalue weighted by Crippen LogP contribution is -2.26. The Kier molecular flexibility index (Phi) is 3.66. The normalized spacial score (nSPS) is 14.8. The van der Waals surface area contributed by atoms with Gasteiger partial charge in [0.25, 0.3) is 0 Å². The van der Waals surface area contributed by atoms with Crippen molar-refractivity contribution in [3.63, 3.8) is 0 Å². The first-order valence-corrected chi connectivity index (χ1v) is 4.75. The molecule has 0 saturated heterocycles. The number of nitrogens with two attached hydrogens (primary N) is 1. The lowest BCUT2D eigenvalue weighted by Gasteiger charge is -2.19. The molecular weight excluding hydrogens is 197 g/mol. The van der Waals surface area contributed by atoms with Gasteiger partial charge in [0, 0.05) is 11.6 Å². The molecule has 0 spiro atoms. The Morgan fingerprint density at radius 3 is 2.53 bits per heavy atom. The second-order valence-corrected chi connectivity index (χ2v) is 3.59. The number of ether oxygens (including phenoxy) is 1. The number of hydrogen-bond acceptors (Lipinski definition) is 3. The van der Waals surface area contributed by atoms with Crippen LogP contribution in [0.5, 0.6) is 5.75 Å². The zero-order chi connectivity index (χ0) is 11.6. The van der Waals surface area contributed by atoms with Crippen molar-refractivity contribution in [3.05, 3.63) is 29.1 Å². The van der Waals surface area contributed by atoms with Crippen LogP contribution in [-0.2, 0) is 0 Å². The van der Waals surface area contributed by atoms with Crippen LogP contribution in [0.3, 0.4) is 0 Å². The fourth-order valence-corrected chi connectivity index (χ4v) is 1.52. The molecule has 0 saturated carbocycles. The predicted octanol–water partition coefficient (Wildman–Crippen LogP) is 1.52. The third-order valence-electron chi connectivity index (χ3n) is 2.43. The van der Waals surface area contributed by atoms with Crippen molar-refractivity contribution in [3.8, 4) is 5.75 Å². The van der Waals surface area contributed by atoms with Crippen molar-refractivity contribution >= 4 is 0 Å². The van der Waals surface area contributed by atoms with E-state index in [1.54, 1.807) is 13.8 Å². The van der Waals surface area contributed by atoms with E-state index in [4.69, 9.17) is 10.5 Å². The van der Waals surface area contributed by atoms with E-state index in [1.165, 1.54) is 19.2 Å². The Morgan fingerprint density at radius 1 is 1.47 bits per heavy atom. The maximum atomic E-state index is 13.5. The van der Waals surface area contributed by atoms with E-state index in [9.17, 15) is 9.50 Å². The minimum atomic E-state index is -1.01. The highest BCUT2D eigenvalue weighted by Gasteiger charge is 2.21. The van der Waals surface area contributed by atoms with Crippen molar-refractivity contribution in [1.29, 1.82) is 0 Å². The minimum absolute atomic E-state index is 0.212. The van der Waals surface area contributed by atoms with Crippen LogP contribution in [0.25, 0.3) is 0 Å². The second-order valence-electron chi connectivity index (χ2n) is 3.59. The number of hydrogen-bond donors (Lipinski definition) is 2. The van der Waals surface area contributed by atoms with Crippen LogP contribution in [0, 0.1) is 12.7 Å². The molecular formula is C11H16FNO2. The van der Waals surface area contributed by atoms with Gasteiger partial charge in [0.15, 0.2) is 0 Å². The highest BCUT2D eigenvalue weighted by molar-refractivity contribution is 5.41. The van der Waals surface area contributed by atoms with Crippen LogP contribution < -0.4 is 10.5 Å². The summed E-state index contributed by atoms with van der Waals surface area (Å²) in [5, 5.41) is 9.76. The fourth-order valence-electron chi connectivity index (χ4n) is 1.52. The first-order valence-electron chi connectivity index (χ1n) is 4.75. The molecule has 1 aromatic rings. The van der Waals surface area contributed by atoms with Gasteiger partial charge in [0.2, 0.25) is 0 Å². The molecule has 0 amide bonds. The molecule has 0 aromatic heterocycles. The maximum absolute atomic E-state index is 13.5. The Balaban J connectivity index is 3.26. The predicted molar refractivity (Wildman–Crippen MR) is 56.3 cm³/mol. The third-order valence-corrected chi connectivity index (χ3v) is 2.43. The highest BCUT2D eigenvalue weighted by Crippen LogP contribution is 2.29. The number of aliphatic hydroxyl groups is 1. The molecule has 0 aliphatic heterocycles. The molecule has 0 heterocycles. The minimum Gasteiger partial charge on any atom is -0.496 e. The largest absolute Gasteiger partial charge is 0.496 e. The van der Waals surface area contributed by atoms with Gasteiger partial charge < -0.3 is 15.6 Å². The monoisotopic (exact) mass is 213 g/mol. The molecule has 0 radical (unpaired) electrons. The van der Waals surface area contributed by atoms with Crippen LogP contribution >= 0.6 is 0 Å². The van der Waals surface area contributed by atoms with Crippen LogP contribution in [0.1, 0.15) is 24.2 Å². The molecule has 0 aliphatic rings. The van der Waals surface area contributed by atoms with Gasteiger partial charge in [-0.3, -0.25) is 0 Å². The number of methoxy groups -OCH3 is 1. The molecule has 4 heteroatoms. The molecule has 1 rings (SSSR count). The summed E-state index contributed by atoms with van der Waals surface area (Å²) in [5.74, 6) is 0.0872. The van der Waals surface area contributed by atoms with Gasteiger partial charge in [-0.2, -0.15) is 0 Å². The van der Waals surface area contributed by atoms with Gasteiger partial charge >= 0.3 is 0 Å². The number of benzene rings is 1. The molecule has 3 N–H and O–H groups in total. The summed E-state index contributed by atoms with van der Waals surface area (Å²) in [6.07, 6.45) is -1.01. The Bertz CT molecular complexity index is 353. The molecule has 2 unspecified atom stereocenters. The van der Waals surface area contributed by atoms with E-state index in [0.717, 1.165) is 0 Å². The average Bonchev–Trinajstić information content (AvgIpc) is 2.17.